The fourth-order valence-electron chi connectivity index (χ4n) is 4.69. The van der Waals surface area contributed by atoms with Crippen LogP contribution in [0.3, 0.4) is 0 Å². The van der Waals surface area contributed by atoms with Crippen LogP contribution in [0.1, 0.15) is 30.4 Å². The molecule has 2 N–H and O–H groups in total. The average molecular weight is 350 g/mol. The van der Waals surface area contributed by atoms with E-state index >= 15 is 0 Å². The first-order valence-corrected chi connectivity index (χ1v) is 9.13. The van der Waals surface area contributed by atoms with Crippen molar-refractivity contribution in [2.24, 2.45) is 23.7 Å². The molecule has 5 heteroatoms. The molecule has 1 aromatic carbocycles. The lowest BCUT2D eigenvalue weighted by Crippen LogP contribution is -2.37. The Morgan fingerprint density at radius 1 is 0.962 bits per heavy atom. The van der Waals surface area contributed by atoms with Crippen LogP contribution in [-0.4, -0.2) is 22.0 Å². The zero-order valence-electron chi connectivity index (χ0n) is 14.5. The van der Waals surface area contributed by atoms with Crippen LogP contribution in [0.15, 0.2) is 48.8 Å². The summed E-state index contributed by atoms with van der Waals surface area (Å²) >= 11 is 0. The maximum absolute atomic E-state index is 12.7. The van der Waals surface area contributed by atoms with Crippen LogP contribution in [0.2, 0.25) is 0 Å². The Bertz CT molecular complexity index is 804. The van der Waals surface area contributed by atoms with Gasteiger partial charge in [0.1, 0.15) is 0 Å². The number of amides is 1. The Balaban J connectivity index is 1.42. The number of hydrogen-bond donors (Lipinski definition) is 2. The van der Waals surface area contributed by atoms with E-state index in [2.05, 4.69) is 10.3 Å². The molecule has 2 bridgehead atoms. The van der Waals surface area contributed by atoms with Gasteiger partial charge >= 0.3 is 5.97 Å². The van der Waals surface area contributed by atoms with Crippen molar-refractivity contribution in [1.29, 1.82) is 0 Å². The van der Waals surface area contributed by atoms with Gasteiger partial charge in [0.25, 0.3) is 0 Å². The molecule has 1 amide bonds. The standard InChI is InChI=1S/C21H22N2O3/c24-20(18-15-3-4-16(12-15)19(18)21(25)26)23-17-5-1-13(2-6-17)11-14-7-9-22-10-8-14/h1-2,5-10,15-16,18-19H,3-4,11-12H2,(H,23,24)(H,25,26)/t15-,16-,18-,19-/m0/s1. The molecule has 2 fully saturated rings. The SMILES string of the molecule is O=C(O)[C@H]1[C@H]2CC[C@@H](C2)[C@@H]1C(=O)Nc1ccc(Cc2ccncc2)cc1. The first-order valence-electron chi connectivity index (χ1n) is 9.13. The molecule has 2 aromatic rings. The molecular weight excluding hydrogens is 328 g/mol. The molecule has 4 rings (SSSR count). The third-order valence-electron chi connectivity index (χ3n) is 5.88. The molecule has 0 spiro atoms. The summed E-state index contributed by atoms with van der Waals surface area (Å²) in [5.74, 6) is -1.53. The Hall–Kier alpha value is -2.69. The summed E-state index contributed by atoms with van der Waals surface area (Å²) in [7, 11) is 0. The molecule has 0 aliphatic heterocycles. The van der Waals surface area contributed by atoms with E-state index in [1.54, 1.807) is 12.4 Å². The number of aliphatic carboxylic acids is 1. The Labute approximate surface area is 152 Å². The van der Waals surface area contributed by atoms with E-state index in [4.69, 9.17) is 0 Å². The second-order valence-electron chi connectivity index (χ2n) is 7.44. The minimum atomic E-state index is -0.829. The predicted molar refractivity (Wildman–Crippen MR) is 97.6 cm³/mol. The molecular formula is C21H22N2O3. The molecule has 1 aromatic heterocycles. The van der Waals surface area contributed by atoms with E-state index in [1.807, 2.05) is 36.4 Å². The molecule has 2 aliphatic carbocycles. The first-order chi connectivity index (χ1) is 12.6. The molecule has 5 nitrogen and oxygen atoms in total. The van der Waals surface area contributed by atoms with Crippen molar-refractivity contribution in [3.05, 3.63) is 59.9 Å². The van der Waals surface area contributed by atoms with Crippen LogP contribution in [0.4, 0.5) is 5.69 Å². The van der Waals surface area contributed by atoms with Crippen LogP contribution in [0.25, 0.3) is 0 Å². The summed E-state index contributed by atoms with van der Waals surface area (Å²) < 4.78 is 0. The number of anilines is 1. The van der Waals surface area contributed by atoms with Gasteiger partial charge in [-0.1, -0.05) is 12.1 Å². The van der Waals surface area contributed by atoms with Gasteiger partial charge in [0.15, 0.2) is 0 Å². The third kappa shape index (κ3) is 3.21. The van der Waals surface area contributed by atoms with Crippen molar-refractivity contribution in [3.63, 3.8) is 0 Å². The highest BCUT2D eigenvalue weighted by Gasteiger charge is 2.53. The van der Waals surface area contributed by atoms with E-state index in [0.717, 1.165) is 36.9 Å². The summed E-state index contributed by atoms with van der Waals surface area (Å²) in [6.07, 6.45) is 7.15. The van der Waals surface area contributed by atoms with Crippen LogP contribution in [0, 0.1) is 23.7 Å². The van der Waals surface area contributed by atoms with Gasteiger partial charge in [-0.3, -0.25) is 14.6 Å². The van der Waals surface area contributed by atoms with Crippen molar-refractivity contribution in [1.82, 2.24) is 4.98 Å². The minimum absolute atomic E-state index is 0.147. The number of carbonyl (C=O) groups excluding carboxylic acids is 1. The van der Waals surface area contributed by atoms with Crippen LogP contribution < -0.4 is 5.32 Å². The highest BCUT2D eigenvalue weighted by atomic mass is 16.4. The number of hydrogen-bond acceptors (Lipinski definition) is 3. The highest BCUT2D eigenvalue weighted by Crippen LogP contribution is 2.52. The van der Waals surface area contributed by atoms with E-state index in [0.29, 0.717) is 0 Å². The lowest BCUT2D eigenvalue weighted by atomic mass is 9.78. The lowest BCUT2D eigenvalue weighted by molar-refractivity contribution is -0.148. The molecule has 134 valence electrons. The molecule has 0 radical (unpaired) electrons. The number of carboxylic acids is 1. The van der Waals surface area contributed by atoms with Gasteiger partial charge in [-0.25, -0.2) is 0 Å². The molecule has 26 heavy (non-hydrogen) atoms. The smallest absolute Gasteiger partial charge is 0.307 e. The molecule has 4 atom stereocenters. The van der Waals surface area contributed by atoms with E-state index in [-0.39, 0.29) is 17.7 Å². The van der Waals surface area contributed by atoms with Crippen molar-refractivity contribution in [2.45, 2.75) is 25.7 Å². The number of rotatable bonds is 5. The normalized spacial score (nSPS) is 26.6. The predicted octanol–water partition coefficient (Wildman–Crippen LogP) is 3.36. The number of aromatic nitrogens is 1. The van der Waals surface area contributed by atoms with Gasteiger partial charge in [0, 0.05) is 18.1 Å². The fraction of sp³-hybridized carbons (Fsp3) is 0.381. The highest BCUT2D eigenvalue weighted by molar-refractivity contribution is 5.96. The van der Waals surface area contributed by atoms with Crippen LogP contribution >= 0.6 is 0 Å². The van der Waals surface area contributed by atoms with E-state index < -0.39 is 17.8 Å². The minimum Gasteiger partial charge on any atom is -0.481 e. The molecule has 0 unspecified atom stereocenters. The first kappa shape index (κ1) is 16.8. The van der Waals surface area contributed by atoms with Gasteiger partial charge in [-0.15, -0.1) is 0 Å². The number of carbonyl (C=O) groups is 2. The largest absolute Gasteiger partial charge is 0.481 e. The van der Waals surface area contributed by atoms with Gasteiger partial charge in [0.2, 0.25) is 5.91 Å². The number of carboxylic acid groups (broad SMARTS) is 1. The Morgan fingerprint density at radius 3 is 2.23 bits per heavy atom. The fourth-order valence-corrected chi connectivity index (χ4v) is 4.69. The van der Waals surface area contributed by atoms with E-state index in [1.165, 1.54) is 5.56 Å². The summed E-state index contributed by atoms with van der Waals surface area (Å²) in [4.78, 5) is 28.3. The summed E-state index contributed by atoms with van der Waals surface area (Å²) in [6.45, 7) is 0. The Kier molecular flexibility index (Phi) is 4.45. The van der Waals surface area contributed by atoms with Crippen molar-refractivity contribution in [2.75, 3.05) is 5.32 Å². The number of nitrogens with zero attached hydrogens (tertiary/aromatic N) is 1. The second kappa shape index (κ2) is 6.90. The average Bonchev–Trinajstić information content (AvgIpc) is 3.25. The second-order valence-corrected chi connectivity index (χ2v) is 7.44. The summed E-state index contributed by atoms with van der Waals surface area (Å²) in [6, 6.07) is 11.7. The zero-order valence-corrected chi connectivity index (χ0v) is 14.5. The van der Waals surface area contributed by atoms with Gasteiger partial charge < -0.3 is 10.4 Å². The summed E-state index contributed by atoms with van der Waals surface area (Å²) in [5.41, 5.74) is 3.06. The topological polar surface area (TPSA) is 79.3 Å². The van der Waals surface area contributed by atoms with Crippen molar-refractivity contribution in [3.8, 4) is 0 Å². The van der Waals surface area contributed by atoms with Crippen molar-refractivity contribution >= 4 is 17.6 Å². The Morgan fingerprint density at radius 2 is 1.58 bits per heavy atom. The molecule has 2 saturated carbocycles. The molecule has 1 heterocycles. The van der Waals surface area contributed by atoms with Crippen LogP contribution in [-0.2, 0) is 16.0 Å². The third-order valence-corrected chi connectivity index (χ3v) is 5.88. The van der Waals surface area contributed by atoms with Crippen molar-refractivity contribution < 1.29 is 14.7 Å². The lowest BCUT2D eigenvalue weighted by Gasteiger charge is -2.27. The zero-order chi connectivity index (χ0) is 18.1. The number of nitrogens with one attached hydrogen (secondary N) is 1. The number of fused-ring (bicyclic) bond motifs is 2. The quantitative estimate of drug-likeness (QED) is 0.867. The number of pyridine rings is 1. The maximum Gasteiger partial charge on any atom is 0.307 e. The monoisotopic (exact) mass is 350 g/mol. The molecule has 0 saturated heterocycles. The van der Waals surface area contributed by atoms with Gasteiger partial charge in [-0.2, -0.15) is 0 Å². The maximum atomic E-state index is 12.7. The van der Waals surface area contributed by atoms with Gasteiger partial charge in [-0.05, 0) is 72.9 Å². The van der Waals surface area contributed by atoms with E-state index in [9.17, 15) is 14.7 Å². The number of benzene rings is 1. The summed E-state index contributed by atoms with van der Waals surface area (Å²) in [5, 5.41) is 12.4. The van der Waals surface area contributed by atoms with Crippen LogP contribution in [0.5, 0.6) is 0 Å². The van der Waals surface area contributed by atoms with Gasteiger partial charge in [0.05, 0.1) is 11.8 Å². The molecule has 2 aliphatic rings.